The smallest absolute Gasteiger partial charge is 0.0723 e. The Hall–Kier alpha value is -2.19. The molecule has 4 aromatic rings. The summed E-state index contributed by atoms with van der Waals surface area (Å²) in [7, 11) is 0. The number of fused-ring (bicyclic) bond motifs is 2. The second-order valence-corrected chi connectivity index (χ2v) is 10.9. The average Bonchev–Trinajstić information content (AvgIpc) is 2.90. The molecule has 0 fully saturated rings. The van der Waals surface area contributed by atoms with Gasteiger partial charge < -0.3 is 21.7 Å². The molecule has 6 nitrogen and oxygen atoms in total. The first-order valence-electron chi connectivity index (χ1n) is 13.4. The number of nitrogens with one attached hydrogen (secondary N) is 3. The summed E-state index contributed by atoms with van der Waals surface area (Å²) in [5.74, 6) is 0. The van der Waals surface area contributed by atoms with Crippen LogP contribution in [0.1, 0.15) is 40.5 Å². The van der Waals surface area contributed by atoms with Crippen molar-refractivity contribution in [2.24, 2.45) is 5.73 Å². The maximum Gasteiger partial charge on any atom is 0.0723 e. The third kappa shape index (κ3) is 12.7. The molecule has 0 aliphatic carbocycles. The molecule has 9 heteroatoms. The van der Waals surface area contributed by atoms with Crippen LogP contribution in [0.2, 0.25) is 15.1 Å². The molecule has 2 heterocycles. The van der Waals surface area contributed by atoms with E-state index in [0.717, 1.165) is 71.5 Å². The lowest BCUT2D eigenvalue weighted by Gasteiger charge is -2.11. The quantitative estimate of drug-likeness (QED) is 0.142. The predicted octanol–water partition coefficient (Wildman–Crippen LogP) is 7.56. The molecule has 39 heavy (non-hydrogen) atoms. The van der Waals surface area contributed by atoms with Crippen LogP contribution in [0.15, 0.2) is 60.9 Å². The molecule has 0 atom stereocenters. The molecule has 0 aliphatic rings. The van der Waals surface area contributed by atoms with E-state index < -0.39 is 0 Å². The molecule has 4 rings (SSSR count). The number of hydrogen-bond acceptors (Lipinski definition) is 6. The van der Waals surface area contributed by atoms with E-state index in [9.17, 15) is 0 Å². The normalized spacial score (nSPS) is 10.8. The number of benzene rings is 2. The van der Waals surface area contributed by atoms with Crippen LogP contribution in [-0.4, -0.2) is 48.2 Å². The fourth-order valence-electron chi connectivity index (χ4n) is 3.55. The largest absolute Gasteiger partial charge is 0.384 e. The van der Waals surface area contributed by atoms with Gasteiger partial charge in [-0.3, -0.25) is 9.97 Å². The summed E-state index contributed by atoms with van der Waals surface area (Å²) in [6.45, 7) is 12.4. The Balaban J connectivity index is 0.000000228. The molecule has 0 spiro atoms. The van der Waals surface area contributed by atoms with Gasteiger partial charge >= 0.3 is 0 Å². The Morgan fingerprint density at radius 2 is 1.23 bits per heavy atom. The SMILES string of the molecule is CC(C)NCCCN.CC(C)NCCCNc1ccnc2ccc(Cl)cc12.Clc1ccc2nccc(Cl)c2c1. The number of anilines is 1. The second kappa shape index (κ2) is 18.2. The van der Waals surface area contributed by atoms with Crippen molar-refractivity contribution in [3.63, 3.8) is 0 Å². The molecule has 0 bridgehead atoms. The Bertz CT molecular complexity index is 1270. The summed E-state index contributed by atoms with van der Waals surface area (Å²) < 4.78 is 0. The van der Waals surface area contributed by atoms with Gasteiger partial charge in [0, 0.05) is 57.5 Å². The summed E-state index contributed by atoms with van der Waals surface area (Å²) >= 11 is 17.8. The monoisotopic (exact) mass is 590 g/mol. The minimum absolute atomic E-state index is 0.542. The van der Waals surface area contributed by atoms with Crippen molar-refractivity contribution < 1.29 is 0 Å². The molecule has 212 valence electrons. The number of nitrogens with zero attached hydrogens (tertiary/aromatic N) is 2. The van der Waals surface area contributed by atoms with Gasteiger partial charge in [0.2, 0.25) is 0 Å². The zero-order valence-corrected chi connectivity index (χ0v) is 25.5. The third-order valence-corrected chi connectivity index (χ3v) is 6.31. The average molecular weight is 592 g/mol. The molecule has 0 unspecified atom stereocenters. The van der Waals surface area contributed by atoms with Crippen LogP contribution in [0, 0.1) is 0 Å². The summed E-state index contributed by atoms with van der Waals surface area (Å²) in [4.78, 5) is 8.48. The Kier molecular flexibility index (Phi) is 15.4. The van der Waals surface area contributed by atoms with E-state index in [1.807, 2.05) is 42.6 Å². The lowest BCUT2D eigenvalue weighted by molar-refractivity contribution is 0.574. The summed E-state index contributed by atoms with van der Waals surface area (Å²) in [5.41, 5.74) is 8.20. The van der Waals surface area contributed by atoms with Crippen LogP contribution in [0.5, 0.6) is 0 Å². The second-order valence-electron chi connectivity index (χ2n) is 9.61. The topological polar surface area (TPSA) is 87.9 Å². The fraction of sp³-hybridized carbons (Fsp3) is 0.400. The van der Waals surface area contributed by atoms with Gasteiger partial charge in [-0.2, -0.15) is 0 Å². The molecule has 5 N–H and O–H groups in total. The lowest BCUT2D eigenvalue weighted by atomic mass is 10.2. The molecular weight excluding hydrogens is 551 g/mol. The number of halogens is 3. The van der Waals surface area contributed by atoms with Gasteiger partial charge in [0.15, 0.2) is 0 Å². The van der Waals surface area contributed by atoms with E-state index in [2.05, 4.69) is 53.6 Å². The van der Waals surface area contributed by atoms with E-state index in [4.69, 9.17) is 40.5 Å². The fourth-order valence-corrected chi connectivity index (χ4v) is 4.10. The lowest BCUT2D eigenvalue weighted by Crippen LogP contribution is -2.25. The van der Waals surface area contributed by atoms with Gasteiger partial charge in [0.05, 0.1) is 16.1 Å². The molecular formula is C30H41Cl3N6. The van der Waals surface area contributed by atoms with Gasteiger partial charge in [0.25, 0.3) is 0 Å². The first-order chi connectivity index (χ1) is 18.7. The highest BCUT2D eigenvalue weighted by molar-refractivity contribution is 6.36. The van der Waals surface area contributed by atoms with Crippen LogP contribution < -0.4 is 21.7 Å². The molecule has 0 amide bonds. The van der Waals surface area contributed by atoms with E-state index in [0.29, 0.717) is 22.1 Å². The predicted molar refractivity (Wildman–Crippen MR) is 172 cm³/mol. The van der Waals surface area contributed by atoms with Crippen molar-refractivity contribution in [1.29, 1.82) is 0 Å². The minimum atomic E-state index is 0.542. The number of hydrogen-bond donors (Lipinski definition) is 4. The molecule has 2 aromatic carbocycles. The molecule has 0 radical (unpaired) electrons. The van der Waals surface area contributed by atoms with Gasteiger partial charge in [-0.15, -0.1) is 0 Å². The summed E-state index contributed by atoms with van der Waals surface area (Å²) in [6.07, 6.45) is 5.67. The standard InChI is InChI=1S/C15H20ClN3.C9H5Cl2N.C6H16N2/c1-11(2)17-7-3-8-18-15-6-9-19-14-5-4-12(16)10-13(14)15;10-6-1-2-9-7(5-6)8(11)3-4-12-9;1-6(2)8-5-3-4-7/h4-6,9-11,17H,3,7-8H2,1-2H3,(H,18,19);1-5H;6,8H,3-5,7H2,1-2H3. The highest BCUT2D eigenvalue weighted by Gasteiger charge is 2.02. The zero-order chi connectivity index (χ0) is 28.6. The molecule has 2 aromatic heterocycles. The van der Waals surface area contributed by atoms with Crippen molar-refractivity contribution in [1.82, 2.24) is 20.6 Å². The molecule has 0 saturated heterocycles. The van der Waals surface area contributed by atoms with Crippen molar-refractivity contribution in [3.8, 4) is 0 Å². The van der Waals surface area contributed by atoms with Crippen molar-refractivity contribution in [3.05, 3.63) is 76.0 Å². The zero-order valence-electron chi connectivity index (χ0n) is 23.3. The van der Waals surface area contributed by atoms with Crippen LogP contribution in [0.3, 0.4) is 0 Å². The van der Waals surface area contributed by atoms with Gasteiger partial charge in [0.1, 0.15) is 0 Å². The first-order valence-corrected chi connectivity index (χ1v) is 14.5. The van der Waals surface area contributed by atoms with E-state index in [1.165, 1.54) is 0 Å². The van der Waals surface area contributed by atoms with Gasteiger partial charge in [-0.25, -0.2) is 0 Å². The van der Waals surface area contributed by atoms with Crippen LogP contribution in [0.4, 0.5) is 5.69 Å². The van der Waals surface area contributed by atoms with Crippen LogP contribution in [0.25, 0.3) is 21.8 Å². The van der Waals surface area contributed by atoms with E-state index in [-0.39, 0.29) is 0 Å². The first kappa shape index (κ1) is 33.0. The number of pyridine rings is 2. The summed E-state index contributed by atoms with van der Waals surface area (Å²) in [5, 5.41) is 14.2. The van der Waals surface area contributed by atoms with Crippen molar-refractivity contribution in [2.45, 2.75) is 52.6 Å². The molecule has 0 aliphatic heterocycles. The highest BCUT2D eigenvalue weighted by Crippen LogP contribution is 2.25. The van der Waals surface area contributed by atoms with E-state index >= 15 is 0 Å². The number of nitrogens with two attached hydrogens (primary N) is 1. The maximum absolute atomic E-state index is 6.04. The Morgan fingerprint density at radius 1 is 0.692 bits per heavy atom. The highest BCUT2D eigenvalue weighted by atomic mass is 35.5. The Labute approximate surface area is 248 Å². The Morgan fingerprint density at radius 3 is 1.82 bits per heavy atom. The van der Waals surface area contributed by atoms with Crippen molar-refractivity contribution in [2.75, 3.05) is 31.5 Å². The minimum Gasteiger partial charge on any atom is -0.384 e. The summed E-state index contributed by atoms with van der Waals surface area (Å²) in [6, 6.07) is 16.1. The van der Waals surface area contributed by atoms with Crippen LogP contribution in [-0.2, 0) is 0 Å². The van der Waals surface area contributed by atoms with Crippen molar-refractivity contribution >= 4 is 62.3 Å². The van der Waals surface area contributed by atoms with Gasteiger partial charge in [-0.05, 0) is 81.0 Å². The van der Waals surface area contributed by atoms with Crippen LogP contribution >= 0.6 is 34.8 Å². The number of aromatic nitrogens is 2. The number of rotatable bonds is 10. The maximum atomic E-state index is 6.04. The van der Waals surface area contributed by atoms with E-state index in [1.54, 1.807) is 18.3 Å². The van der Waals surface area contributed by atoms with Gasteiger partial charge in [-0.1, -0.05) is 62.5 Å². The molecule has 0 saturated carbocycles. The third-order valence-electron chi connectivity index (χ3n) is 5.51.